The minimum absolute atomic E-state index is 0.0328. The van der Waals surface area contributed by atoms with Crippen molar-refractivity contribution in [2.75, 3.05) is 30.4 Å². The molecule has 4 aromatic rings. The zero-order chi connectivity index (χ0) is 24.5. The number of aromatic nitrogens is 4. The van der Waals surface area contributed by atoms with Crippen LogP contribution in [0.25, 0.3) is 16.6 Å². The summed E-state index contributed by atoms with van der Waals surface area (Å²) in [5.41, 5.74) is 4.31. The first kappa shape index (κ1) is 23.1. The highest BCUT2D eigenvalue weighted by Gasteiger charge is 2.29. The number of nitrogens with zero attached hydrogens (tertiary/aromatic N) is 5. The molecule has 1 saturated heterocycles. The van der Waals surface area contributed by atoms with Crippen LogP contribution in [0.4, 0.5) is 11.5 Å². The van der Waals surface area contributed by atoms with Crippen molar-refractivity contribution in [3.05, 3.63) is 64.9 Å². The molecule has 5 rings (SSSR count). The normalized spacial score (nSPS) is 14.3. The quantitative estimate of drug-likeness (QED) is 0.426. The van der Waals surface area contributed by atoms with Gasteiger partial charge in [-0.25, -0.2) is 4.68 Å². The van der Waals surface area contributed by atoms with Crippen molar-refractivity contribution in [1.29, 1.82) is 0 Å². The van der Waals surface area contributed by atoms with Crippen molar-refractivity contribution < 1.29 is 9.53 Å². The molecule has 1 N–H and O–H groups in total. The summed E-state index contributed by atoms with van der Waals surface area (Å²) in [6.07, 6.45) is 1.40. The molecular weight excluding hydrogens is 464 g/mol. The minimum Gasteiger partial charge on any atom is -0.495 e. The van der Waals surface area contributed by atoms with E-state index in [0.29, 0.717) is 42.4 Å². The first-order valence-corrected chi connectivity index (χ1v) is 12.0. The van der Waals surface area contributed by atoms with Crippen LogP contribution in [0, 0.1) is 19.8 Å². The molecule has 0 saturated carbocycles. The average molecular weight is 491 g/mol. The van der Waals surface area contributed by atoms with Gasteiger partial charge in [-0.05, 0) is 57.0 Å². The van der Waals surface area contributed by atoms with Crippen LogP contribution in [0.15, 0.2) is 48.5 Å². The number of hydrogen-bond donors (Lipinski definition) is 1. The fourth-order valence-electron chi connectivity index (χ4n) is 4.71. The molecule has 1 aliphatic heterocycles. The van der Waals surface area contributed by atoms with Crippen molar-refractivity contribution in [3.63, 3.8) is 0 Å². The highest BCUT2D eigenvalue weighted by molar-refractivity contribution is 6.31. The van der Waals surface area contributed by atoms with Crippen LogP contribution in [0.3, 0.4) is 0 Å². The Bertz CT molecular complexity index is 1380. The topological polar surface area (TPSA) is 85.2 Å². The SMILES string of the molecule is COc1ccc(Cl)cc1NC(=O)C1CCN(c2nnc(C)c3c(C)n(-c4ccccc4)nc23)CC1. The third-order valence-corrected chi connectivity index (χ3v) is 6.81. The maximum Gasteiger partial charge on any atom is 0.227 e. The Balaban J connectivity index is 1.35. The van der Waals surface area contributed by atoms with E-state index in [1.165, 1.54) is 0 Å². The van der Waals surface area contributed by atoms with Crippen molar-refractivity contribution in [2.45, 2.75) is 26.7 Å². The van der Waals surface area contributed by atoms with Gasteiger partial charge in [0.15, 0.2) is 5.82 Å². The Hall–Kier alpha value is -3.65. The molecule has 0 radical (unpaired) electrons. The molecule has 9 heteroatoms. The average Bonchev–Trinajstić information content (AvgIpc) is 3.23. The van der Waals surface area contributed by atoms with Crippen molar-refractivity contribution >= 4 is 39.9 Å². The van der Waals surface area contributed by atoms with E-state index in [0.717, 1.165) is 33.8 Å². The summed E-state index contributed by atoms with van der Waals surface area (Å²) in [7, 11) is 1.57. The molecule has 0 aliphatic carbocycles. The summed E-state index contributed by atoms with van der Waals surface area (Å²) in [4.78, 5) is 15.2. The number of nitrogens with one attached hydrogen (secondary N) is 1. The highest BCUT2D eigenvalue weighted by atomic mass is 35.5. The number of para-hydroxylation sites is 1. The predicted octanol–water partition coefficient (Wildman–Crippen LogP) is 4.95. The van der Waals surface area contributed by atoms with Gasteiger partial charge in [0, 0.05) is 24.0 Å². The molecule has 2 aromatic carbocycles. The molecule has 0 atom stereocenters. The molecule has 180 valence electrons. The number of hydrogen-bond acceptors (Lipinski definition) is 6. The second kappa shape index (κ2) is 9.54. The Morgan fingerprint density at radius 2 is 1.83 bits per heavy atom. The van der Waals surface area contributed by atoms with E-state index in [4.69, 9.17) is 21.4 Å². The van der Waals surface area contributed by atoms with E-state index in [-0.39, 0.29) is 11.8 Å². The van der Waals surface area contributed by atoms with Crippen LogP contribution >= 0.6 is 11.6 Å². The van der Waals surface area contributed by atoms with E-state index >= 15 is 0 Å². The first-order chi connectivity index (χ1) is 17.0. The summed E-state index contributed by atoms with van der Waals surface area (Å²) in [5.74, 6) is 1.20. The number of fused-ring (bicyclic) bond motifs is 1. The van der Waals surface area contributed by atoms with Gasteiger partial charge in [0.05, 0.1) is 35.3 Å². The molecule has 1 aliphatic rings. The lowest BCUT2D eigenvalue weighted by Crippen LogP contribution is -2.38. The monoisotopic (exact) mass is 490 g/mol. The number of methoxy groups -OCH3 is 1. The lowest BCUT2D eigenvalue weighted by molar-refractivity contribution is -0.120. The number of carbonyl (C=O) groups is 1. The number of ether oxygens (including phenoxy) is 1. The molecule has 8 nitrogen and oxygen atoms in total. The smallest absolute Gasteiger partial charge is 0.227 e. The fourth-order valence-corrected chi connectivity index (χ4v) is 4.88. The zero-order valence-corrected chi connectivity index (χ0v) is 20.7. The first-order valence-electron chi connectivity index (χ1n) is 11.6. The Morgan fingerprint density at radius 3 is 2.54 bits per heavy atom. The molecule has 2 aromatic heterocycles. The van der Waals surface area contributed by atoms with Gasteiger partial charge in [-0.2, -0.15) is 10.2 Å². The van der Waals surface area contributed by atoms with Crippen LogP contribution in [0.2, 0.25) is 5.02 Å². The van der Waals surface area contributed by atoms with E-state index in [1.807, 2.05) is 41.9 Å². The van der Waals surface area contributed by atoms with Gasteiger partial charge in [0.25, 0.3) is 0 Å². The number of rotatable bonds is 5. The van der Waals surface area contributed by atoms with Gasteiger partial charge in [0.2, 0.25) is 5.91 Å². The summed E-state index contributed by atoms with van der Waals surface area (Å²) < 4.78 is 7.30. The number of carbonyl (C=O) groups excluding carboxylic acids is 1. The van der Waals surface area contributed by atoms with Crippen molar-refractivity contribution in [3.8, 4) is 11.4 Å². The number of halogens is 1. The Labute approximate surface area is 208 Å². The Kier molecular flexibility index (Phi) is 6.30. The molecule has 0 unspecified atom stereocenters. The van der Waals surface area contributed by atoms with Gasteiger partial charge in [-0.1, -0.05) is 29.8 Å². The molecule has 1 amide bonds. The molecule has 0 bridgehead atoms. The lowest BCUT2D eigenvalue weighted by atomic mass is 9.95. The molecule has 1 fully saturated rings. The van der Waals surface area contributed by atoms with E-state index in [9.17, 15) is 4.79 Å². The predicted molar refractivity (Wildman–Crippen MR) is 138 cm³/mol. The van der Waals surface area contributed by atoms with E-state index in [2.05, 4.69) is 27.3 Å². The number of aryl methyl sites for hydroxylation is 2. The van der Waals surface area contributed by atoms with Crippen LogP contribution in [0.5, 0.6) is 5.75 Å². The van der Waals surface area contributed by atoms with Crippen molar-refractivity contribution in [1.82, 2.24) is 20.0 Å². The third-order valence-electron chi connectivity index (χ3n) is 6.57. The third kappa shape index (κ3) is 4.41. The highest BCUT2D eigenvalue weighted by Crippen LogP contribution is 2.33. The number of anilines is 2. The number of piperidine rings is 1. The number of amides is 1. The van der Waals surface area contributed by atoms with Gasteiger partial charge in [-0.15, -0.1) is 5.10 Å². The van der Waals surface area contributed by atoms with Crippen LogP contribution in [-0.4, -0.2) is 46.1 Å². The minimum atomic E-state index is -0.118. The maximum atomic E-state index is 13.0. The van der Waals surface area contributed by atoms with E-state index in [1.54, 1.807) is 25.3 Å². The molecular formula is C26H27ClN6O2. The van der Waals surface area contributed by atoms with Gasteiger partial charge < -0.3 is 15.0 Å². The largest absolute Gasteiger partial charge is 0.495 e. The second-order valence-corrected chi connectivity index (χ2v) is 9.20. The number of benzene rings is 2. The standard InChI is InChI=1S/C26H27ClN6O2/c1-16-23-17(2)33(20-7-5-4-6-8-20)31-24(23)25(30-29-16)32-13-11-18(12-14-32)26(34)28-21-15-19(27)9-10-22(21)35-3/h4-10,15,18H,11-14H2,1-3H3,(H,28,34). The van der Waals surface area contributed by atoms with Gasteiger partial charge >= 0.3 is 0 Å². The fraction of sp³-hybridized carbons (Fsp3) is 0.308. The lowest BCUT2D eigenvalue weighted by Gasteiger charge is -2.32. The maximum absolute atomic E-state index is 13.0. The molecule has 0 spiro atoms. The summed E-state index contributed by atoms with van der Waals surface area (Å²) in [6, 6.07) is 15.3. The molecule has 3 heterocycles. The van der Waals surface area contributed by atoms with Gasteiger partial charge in [0.1, 0.15) is 11.3 Å². The van der Waals surface area contributed by atoms with Crippen LogP contribution < -0.4 is 15.0 Å². The van der Waals surface area contributed by atoms with Crippen molar-refractivity contribution in [2.24, 2.45) is 5.92 Å². The zero-order valence-electron chi connectivity index (χ0n) is 20.0. The van der Waals surface area contributed by atoms with Crippen LogP contribution in [0.1, 0.15) is 24.2 Å². The second-order valence-electron chi connectivity index (χ2n) is 8.76. The Morgan fingerprint density at radius 1 is 1.09 bits per heavy atom. The van der Waals surface area contributed by atoms with Crippen LogP contribution in [-0.2, 0) is 4.79 Å². The summed E-state index contributed by atoms with van der Waals surface area (Å²) in [6.45, 7) is 5.40. The van der Waals surface area contributed by atoms with E-state index < -0.39 is 0 Å². The summed E-state index contributed by atoms with van der Waals surface area (Å²) in [5, 5.41) is 18.4. The van der Waals surface area contributed by atoms with Gasteiger partial charge in [-0.3, -0.25) is 4.79 Å². The molecule has 35 heavy (non-hydrogen) atoms. The summed E-state index contributed by atoms with van der Waals surface area (Å²) >= 11 is 6.11.